The standard InChI is InChI=1S/C23H23NO6/c1-2-12-27-19-8-4-17(5-9-19)6-11-23(26)30-16-22(25)24-18-7-10-20-21(15-18)29-14-3-13-28-20/h2,4-11,15H,1,3,12-14,16H2,(H,24,25)/b11-6+. The molecule has 0 fully saturated rings. The zero-order valence-corrected chi connectivity index (χ0v) is 16.5. The Balaban J connectivity index is 1.45. The largest absolute Gasteiger partial charge is 0.490 e. The molecule has 0 atom stereocenters. The molecule has 2 aromatic rings. The van der Waals surface area contributed by atoms with Gasteiger partial charge in [0.15, 0.2) is 18.1 Å². The van der Waals surface area contributed by atoms with Crippen molar-refractivity contribution in [1.29, 1.82) is 0 Å². The number of anilines is 1. The number of ether oxygens (including phenoxy) is 4. The van der Waals surface area contributed by atoms with Gasteiger partial charge in [0, 0.05) is 24.3 Å². The van der Waals surface area contributed by atoms with Gasteiger partial charge >= 0.3 is 5.97 Å². The summed E-state index contributed by atoms with van der Waals surface area (Å²) in [6, 6.07) is 12.3. The van der Waals surface area contributed by atoms with Gasteiger partial charge in [-0.1, -0.05) is 24.8 Å². The molecule has 1 aliphatic heterocycles. The predicted octanol–water partition coefficient (Wildman–Crippen LogP) is 3.61. The number of hydrogen-bond acceptors (Lipinski definition) is 6. The van der Waals surface area contributed by atoms with Gasteiger partial charge in [0.2, 0.25) is 0 Å². The van der Waals surface area contributed by atoms with Crippen molar-refractivity contribution in [3.05, 3.63) is 66.8 Å². The first-order chi connectivity index (χ1) is 14.6. The van der Waals surface area contributed by atoms with Crippen LogP contribution in [0.3, 0.4) is 0 Å². The Bertz CT molecular complexity index is 920. The zero-order valence-electron chi connectivity index (χ0n) is 16.5. The summed E-state index contributed by atoms with van der Waals surface area (Å²) in [5.41, 5.74) is 1.34. The van der Waals surface area contributed by atoms with Crippen molar-refractivity contribution in [2.45, 2.75) is 6.42 Å². The molecule has 0 aromatic heterocycles. The number of carbonyl (C=O) groups is 2. The monoisotopic (exact) mass is 409 g/mol. The maximum atomic E-state index is 12.0. The van der Waals surface area contributed by atoms with E-state index in [1.54, 1.807) is 54.6 Å². The zero-order chi connectivity index (χ0) is 21.2. The topological polar surface area (TPSA) is 83.1 Å². The Hall–Kier alpha value is -3.74. The first kappa shape index (κ1) is 21.0. The van der Waals surface area contributed by atoms with E-state index in [2.05, 4.69) is 11.9 Å². The molecule has 7 nitrogen and oxygen atoms in total. The Labute approximate surface area is 174 Å². The summed E-state index contributed by atoms with van der Waals surface area (Å²) in [5.74, 6) is 0.861. The van der Waals surface area contributed by atoms with Crippen molar-refractivity contribution in [1.82, 2.24) is 0 Å². The van der Waals surface area contributed by atoms with E-state index in [4.69, 9.17) is 18.9 Å². The molecule has 0 bridgehead atoms. The molecule has 0 saturated carbocycles. The molecule has 7 heteroatoms. The third kappa shape index (κ3) is 6.41. The normalized spacial score (nSPS) is 12.7. The highest BCUT2D eigenvalue weighted by atomic mass is 16.5. The van der Waals surface area contributed by atoms with Crippen molar-refractivity contribution < 1.29 is 28.5 Å². The van der Waals surface area contributed by atoms with E-state index in [1.807, 2.05) is 0 Å². The maximum absolute atomic E-state index is 12.0. The van der Waals surface area contributed by atoms with Gasteiger partial charge in [0.1, 0.15) is 12.4 Å². The number of hydrogen-bond donors (Lipinski definition) is 1. The van der Waals surface area contributed by atoms with Crippen LogP contribution in [0.2, 0.25) is 0 Å². The molecule has 2 aromatic carbocycles. The minimum absolute atomic E-state index is 0.397. The van der Waals surface area contributed by atoms with Crippen LogP contribution in [0.25, 0.3) is 6.08 Å². The first-order valence-corrected chi connectivity index (χ1v) is 9.52. The van der Waals surface area contributed by atoms with E-state index < -0.39 is 18.5 Å². The van der Waals surface area contributed by atoms with E-state index in [-0.39, 0.29) is 0 Å². The van der Waals surface area contributed by atoms with Gasteiger partial charge in [-0.3, -0.25) is 4.79 Å². The van der Waals surface area contributed by atoms with Crippen molar-refractivity contribution in [2.75, 3.05) is 31.7 Å². The summed E-state index contributed by atoms with van der Waals surface area (Å²) in [6.07, 6.45) is 5.32. The van der Waals surface area contributed by atoms with Crippen LogP contribution in [0, 0.1) is 0 Å². The minimum atomic E-state index is -0.615. The summed E-state index contributed by atoms with van der Waals surface area (Å²) < 4.78 is 21.5. The Morgan fingerprint density at radius 3 is 2.60 bits per heavy atom. The lowest BCUT2D eigenvalue weighted by Gasteiger charge is -2.10. The van der Waals surface area contributed by atoms with Crippen molar-refractivity contribution in [2.24, 2.45) is 0 Å². The molecule has 156 valence electrons. The molecule has 1 N–H and O–H groups in total. The molecule has 30 heavy (non-hydrogen) atoms. The Kier molecular flexibility index (Phi) is 7.49. The predicted molar refractivity (Wildman–Crippen MR) is 113 cm³/mol. The summed E-state index contributed by atoms with van der Waals surface area (Å²) in [7, 11) is 0. The minimum Gasteiger partial charge on any atom is -0.490 e. The number of carbonyl (C=O) groups excluding carboxylic acids is 2. The summed E-state index contributed by atoms with van der Waals surface area (Å²) >= 11 is 0. The number of rotatable bonds is 8. The number of amides is 1. The third-order valence-electron chi connectivity index (χ3n) is 4.04. The molecule has 0 spiro atoms. The molecule has 0 aliphatic carbocycles. The lowest BCUT2D eigenvalue weighted by Crippen LogP contribution is -2.20. The highest BCUT2D eigenvalue weighted by molar-refractivity contribution is 5.94. The van der Waals surface area contributed by atoms with E-state index >= 15 is 0 Å². The van der Waals surface area contributed by atoms with Crippen LogP contribution in [0.5, 0.6) is 17.2 Å². The van der Waals surface area contributed by atoms with Crippen LogP contribution >= 0.6 is 0 Å². The second-order valence-corrected chi connectivity index (χ2v) is 6.37. The smallest absolute Gasteiger partial charge is 0.331 e. The fourth-order valence-electron chi connectivity index (χ4n) is 2.62. The molecule has 1 heterocycles. The van der Waals surface area contributed by atoms with Gasteiger partial charge in [0.05, 0.1) is 13.2 Å². The van der Waals surface area contributed by atoms with E-state index in [0.29, 0.717) is 42.8 Å². The van der Waals surface area contributed by atoms with Gasteiger partial charge in [-0.05, 0) is 35.9 Å². The lowest BCUT2D eigenvalue weighted by molar-refractivity contribution is -0.142. The molecular weight excluding hydrogens is 386 g/mol. The highest BCUT2D eigenvalue weighted by Crippen LogP contribution is 2.32. The summed E-state index contributed by atoms with van der Waals surface area (Å²) in [6.45, 7) is 4.77. The van der Waals surface area contributed by atoms with Crippen LogP contribution in [-0.2, 0) is 14.3 Å². The highest BCUT2D eigenvalue weighted by Gasteiger charge is 2.12. The second-order valence-electron chi connectivity index (χ2n) is 6.37. The Morgan fingerprint density at radius 2 is 1.83 bits per heavy atom. The number of fused-ring (bicyclic) bond motifs is 1. The van der Waals surface area contributed by atoms with Gasteiger partial charge in [-0.2, -0.15) is 0 Å². The molecule has 0 saturated heterocycles. The third-order valence-corrected chi connectivity index (χ3v) is 4.04. The molecule has 0 unspecified atom stereocenters. The van der Waals surface area contributed by atoms with Gasteiger partial charge in [-0.25, -0.2) is 4.79 Å². The van der Waals surface area contributed by atoms with Crippen molar-refractivity contribution in [3.8, 4) is 17.2 Å². The molecule has 3 rings (SSSR count). The van der Waals surface area contributed by atoms with Crippen LogP contribution in [0.1, 0.15) is 12.0 Å². The Morgan fingerprint density at radius 1 is 1.07 bits per heavy atom. The molecule has 0 radical (unpaired) electrons. The van der Waals surface area contributed by atoms with Crippen molar-refractivity contribution >= 4 is 23.6 Å². The van der Waals surface area contributed by atoms with E-state index in [1.165, 1.54) is 6.08 Å². The lowest BCUT2D eigenvalue weighted by atomic mass is 10.2. The average Bonchev–Trinajstić information content (AvgIpc) is 3.00. The molecule has 1 amide bonds. The fraction of sp³-hybridized carbons (Fsp3) is 0.217. The van der Waals surface area contributed by atoms with Crippen LogP contribution in [0.15, 0.2) is 61.2 Å². The van der Waals surface area contributed by atoms with E-state index in [0.717, 1.165) is 12.0 Å². The first-order valence-electron chi connectivity index (χ1n) is 9.52. The summed E-state index contributed by atoms with van der Waals surface area (Å²) in [4.78, 5) is 23.9. The van der Waals surface area contributed by atoms with E-state index in [9.17, 15) is 9.59 Å². The molecular formula is C23H23NO6. The van der Waals surface area contributed by atoms with Gasteiger partial charge < -0.3 is 24.3 Å². The number of nitrogens with one attached hydrogen (secondary N) is 1. The SMILES string of the molecule is C=CCOc1ccc(/C=C/C(=O)OCC(=O)Nc2ccc3c(c2)OCCCO3)cc1. The number of esters is 1. The van der Waals surface area contributed by atoms with Gasteiger partial charge in [-0.15, -0.1) is 0 Å². The second kappa shape index (κ2) is 10.7. The molecule has 1 aliphatic rings. The van der Waals surface area contributed by atoms with Crippen LogP contribution in [0.4, 0.5) is 5.69 Å². The average molecular weight is 409 g/mol. The quantitative estimate of drug-likeness (QED) is 0.407. The fourth-order valence-corrected chi connectivity index (χ4v) is 2.62. The van der Waals surface area contributed by atoms with Gasteiger partial charge in [0.25, 0.3) is 5.91 Å². The maximum Gasteiger partial charge on any atom is 0.331 e. The number of benzene rings is 2. The van der Waals surface area contributed by atoms with Crippen LogP contribution < -0.4 is 19.5 Å². The van der Waals surface area contributed by atoms with Crippen LogP contribution in [-0.4, -0.2) is 38.3 Å². The van der Waals surface area contributed by atoms with Crippen molar-refractivity contribution in [3.63, 3.8) is 0 Å². The summed E-state index contributed by atoms with van der Waals surface area (Å²) in [5, 5.41) is 2.67.